The molecular formula is C13H10BrNO4. The molecule has 0 aliphatic carbocycles. The Bertz CT molecular complexity index is 621. The summed E-state index contributed by atoms with van der Waals surface area (Å²) in [6.45, 7) is 1.35. The molecule has 0 N–H and O–H groups in total. The first-order valence-corrected chi connectivity index (χ1v) is 6.25. The van der Waals surface area contributed by atoms with Gasteiger partial charge >= 0.3 is 5.97 Å². The number of hydrogen-bond acceptors (Lipinski definition) is 5. The van der Waals surface area contributed by atoms with Crippen LogP contribution in [0.2, 0.25) is 0 Å². The van der Waals surface area contributed by atoms with Gasteiger partial charge in [-0.15, -0.1) is 0 Å². The topological polar surface area (TPSA) is 69.4 Å². The number of aryl methyl sites for hydroxylation is 1. The van der Waals surface area contributed by atoms with Crippen LogP contribution in [0.5, 0.6) is 0 Å². The number of aromatic nitrogens is 1. The van der Waals surface area contributed by atoms with Gasteiger partial charge < -0.3 is 9.26 Å². The second kappa shape index (κ2) is 5.79. The van der Waals surface area contributed by atoms with Gasteiger partial charge in [0.1, 0.15) is 0 Å². The molecule has 0 aliphatic rings. The number of rotatable bonds is 4. The fourth-order valence-corrected chi connectivity index (χ4v) is 1.81. The molecule has 2 rings (SSSR count). The molecule has 0 amide bonds. The van der Waals surface area contributed by atoms with Crippen molar-refractivity contribution in [2.75, 3.05) is 6.61 Å². The predicted octanol–water partition coefficient (Wildman–Crippen LogP) is 2.79. The van der Waals surface area contributed by atoms with Gasteiger partial charge in [0.2, 0.25) is 5.76 Å². The predicted molar refractivity (Wildman–Crippen MR) is 70.0 cm³/mol. The van der Waals surface area contributed by atoms with Crippen LogP contribution in [0.4, 0.5) is 0 Å². The monoisotopic (exact) mass is 323 g/mol. The molecule has 0 aliphatic heterocycles. The fraction of sp³-hybridized carbons (Fsp3) is 0.154. The second-order valence-corrected chi connectivity index (χ2v) is 4.76. The Morgan fingerprint density at radius 1 is 1.37 bits per heavy atom. The smallest absolute Gasteiger partial charge is 0.377 e. The largest absolute Gasteiger partial charge is 0.451 e. The van der Waals surface area contributed by atoms with Crippen molar-refractivity contribution in [2.24, 2.45) is 0 Å². The van der Waals surface area contributed by atoms with E-state index in [0.29, 0.717) is 11.3 Å². The first-order chi connectivity index (χ1) is 9.06. The number of ketones is 1. The molecule has 5 nitrogen and oxygen atoms in total. The number of carbonyl (C=O) groups excluding carboxylic acids is 2. The van der Waals surface area contributed by atoms with Crippen molar-refractivity contribution in [2.45, 2.75) is 6.92 Å². The molecule has 0 atom stereocenters. The molecule has 2 aromatic rings. The Morgan fingerprint density at radius 3 is 2.79 bits per heavy atom. The molecule has 1 aromatic carbocycles. The van der Waals surface area contributed by atoms with E-state index in [9.17, 15) is 9.59 Å². The molecule has 0 spiro atoms. The highest BCUT2D eigenvalue weighted by Gasteiger charge is 2.15. The Balaban J connectivity index is 1.95. The highest BCUT2D eigenvalue weighted by Crippen LogP contribution is 2.12. The third-order valence-corrected chi connectivity index (χ3v) is 2.80. The zero-order chi connectivity index (χ0) is 13.8. The lowest BCUT2D eigenvalue weighted by Crippen LogP contribution is -2.13. The highest BCUT2D eigenvalue weighted by molar-refractivity contribution is 9.10. The van der Waals surface area contributed by atoms with E-state index in [1.807, 2.05) is 0 Å². The number of esters is 1. The normalized spacial score (nSPS) is 10.2. The van der Waals surface area contributed by atoms with E-state index in [2.05, 4.69) is 21.1 Å². The summed E-state index contributed by atoms with van der Waals surface area (Å²) >= 11 is 3.27. The Hall–Kier alpha value is -1.95. The van der Waals surface area contributed by atoms with Gasteiger partial charge in [-0.05, 0) is 19.1 Å². The van der Waals surface area contributed by atoms with Crippen LogP contribution in [-0.4, -0.2) is 23.5 Å². The molecule has 0 saturated heterocycles. The molecule has 6 heteroatoms. The maximum atomic E-state index is 11.8. The molecule has 1 aromatic heterocycles. The number of halogens is 1. The van der Waals surface area contributed by atoms with Gasteiger partial charge in [-0.1, -0.05) is 33.2 Å². The molecule has 1 heterocycles. The minimum absolute atomic E-state index is 0.0143. The number of carbonyl (C=O) groups is 2. The lowest BCUT2D eigenvalue weighted by atomic mass is 10.1. The maximum absolute atomic E-state index is 11.8. The van der Waals surface area contributed by atoms with Gasteiger partial charge in [-0.2, -0.15) is 0 Å². The van der Waals surface area contributed by atoms with Gasteiger partial charge in [0, 0.05) is 16.1 Å². The zero-order valence-electron chi connectivity index (χ0n) is 10.1. The zero-order valence-corrected chi connectivity index (χ0v) is 11.6. The summed E-state index contributed by atoms with van der Waals surface area (Å²) in [5.74, 6) is -1.01. The third kappa shape index (κ3) is 3.51. The van der Waals surface area contributed by atoms with E-state index in [-0.39, 0.29) is 18.2 Å². The average molecular weight is 324 g/mol. The first kappa shape index (κ1) is 13.5. The summed E-state index contributed by atoms with van der Waals surface area (Å²) < 4.78 is 10.4. The quantitative estimate of drug-likeness (QED) is 0.639. The third-order valence-electron chi connectivity index (χ3n) is 2.31. The van der Waals surface area contributed by atoms with Crippen LogP contribution >= 0.6 is 15.9 Å². The SMILES string of the molecule is Cc1cc(C(=O)OCC(=O)c2cccc(Br)c2)on1. The van der Waals surface area contributed by atoms with E-state index in [0.717, 1.165) is 4.47 Å². The van der Waals surface area contributed by atoms with Crippen LogP contribution in [0.1, 0.15) is 26.6 Å². The van der Waals surface area contributed by atoms with E-state index < -0.39 is 5.97 Å². The van der Waals surface area contributed by atoms with Crippen LogP contribution in [0, 0.1) is 6.92 Å². The first-order valence-electron chi connectivity index (χ1n) is 5.45. The van der Waals surface area contributed by atoms with Crippen LogP contribution in [0.25, 0.3) is 0 Å². The minimum atomic E-state index is -0.705. The Labute approximate surface area is 117 Å². The van der Waals surface area contributed by atoms with Gasteiger partial charge in [0.15, 0.2) is 12.4 Å². The van der Waals surface area contributed by atoms with Crippen molar-refractivity contribution in [3.05, 3.63) is 51.8 Å². The standard InChI is InChI=1S/C13H10BrNO4/c1-8-5-12(19-15-8)13(17)18-7-11(16)9-3-2-4-10(14)6-9/h2-6H,7H2,1H3. The van der Waals surface area contributed by atoms with E-state index >= 15 is 0 Å². The molecule has 19 heavy (non-hydrogen) atoms. The fourth-order valence-electron chi connectivity index (χ4n) is 1.41. The van der Waals surface area contributed by atoms with Crippen molar-refractivity contribution in [3.63, 3.8) is 0 Å². The van der Waals surface area contributed by atoms with Crippen molar-refractivity contribution in [1.29, 1.82) is 0 Å². The number of hydrogen-bond donors (Lipinski definition) is 0. The summed E-state index contributed by atoms with van der Waals surface area (Å²) in [5, 5.41) is 3.57. The van der Waals surface area contributed by atoms with Crippen molar-refractivity contribution in [1.82, 2.24) is 5.16 Å². The summed E-state index contributed by atoms with van der Waals surface area (Å²) in [5.41, 5.74) is 1.04. The number of Topliss-reactive ketones (excluding diaryl/α,β-unsaturated/α-hetero) is 1. The van der Waals surface area contributed by atoms with Gasteiger partial charge in [0.25, 0.3) is 0 Å². The van der Waals surface area contributed by atoms with Crippen molar-refractivity contribution >= 4 is 27.7 Å². The van der Waals surface area contributed by atoms with Crippen LogP contribution in [0.15, 0.2) is 39.3 Å². The molecule has 0 bridgehead atoms. The Kier molecular flexibility index (Phi) is 4.11. The van der Waals surface area contributed by atoms with Gasteiger partial charge in [-0.25, -0.2) is 4.79 Å². The summed E-state index contributed by atoms with van der Waals surface area (Å²) in [6, 6.07) is 8.30. The summed E-state index contributed by atoms with van der Waals surface area (Å²) in [7, 11) is 0. The van der Waals surface area contributed by atoms with Gasteiger partial charge in [0.05, 0.1) is 5.69 Å². The molecule has 0 unspecified atom stereocenters. The highest BCUT2D eigenvalue weighted by atomic mass is 79.9. The second-order valence-electron chi connectivity index (χ2n) is 3.84. The van der Waals surface area contributed by atoms with Crippen LogP contribution in [0.3, 0.4) is 0 Å². The maximum Gasteiger partial charge on any atom is 0.377 e. The number of ether oxygens (including phenoxy) is 1. The minimum Gasteiger partial charge on any atom is -0.451 e. The lowest BCUT2D eigenvalue weighted by molar-refractivity contribution is 0.0435. The van der Waals surface area contributed by atoms with E-state index in [1.54, 1.807) is 31.2 Å². The van der Waals surface area contributed by atoms with E-state index in [4.69, 9.17) is 9.26 Å². The summed E-state index contributed by atoms with van der Waals surface area (Å²) in [6.07, 6.45) is 0. The lowest BCUT2D eigenvalue weighted by Gasteiger charge is -2.02. The van der Waals surface area contributed by atoms with Crippen molar-refractivity contribution in [3.8, 4) is 0 Å². The Morgan fingerprint density at radius 2 is 2.16 bits per heavy atom. The number of benzene rings is 1. The molecule has 0 radical (unpaired) electrons. The van der Waals surface area contributed by atoms with Crippen LogP contribution < -0.4 is 0 Å². The average Bonchev–Trinajstić information content (AvgIpc) is 2.82. The van der Waals surface area contributed by atoms with Gasteiger partial charge in [-0.3, -0.25) is 4.79 Å². The van der Waals surface area contributed by atoms with Crippen LogP contribution in [-0.2, 0) is 4.74 Å². The van der Waals surface area contributed by atoms with E-state index in [1.165, 1.54) is 6.07 Å². The molecule has 98 valence electrons. The molecular weight excluding hydrogens is 314 g/mol. The van der Waals surface area contributed by atoms with Crippen molar-refractivity contribution < 1.29 is 18.8 Å². The number of nitrogens with zero attached hydrogens (tertiary/aromatic N) is 1. The molecule has 0 saturated carbocycles. The summed E-state index contributed by atoms with van der Waals surface area (Å²) in [4.78, 5) is 23.3. The molecule has 0 fully saturated rings.